The monoisotopic (exact) mass is 677 g/mol. The number of amides is 2. The Morgan fingerprint density at radius 1 is 0.767 bits per heavy atom. The third kappa shape index (κ3) is 8.02. The van der Waals surface area contributed by atoms with Crippen LogP contribution in [0.4, 0.5) is 5.69 Å². The molecule has 0 saturated carbocycles. The average molecular weight is 679 g/mol. The van der Waals surface area contributed by atoms with E-state index >= 15 is 0 Å². The molecule has 224 valence electrons. The lowest BCUT2D eigenvalue weighted by molar-refractivity contribution is -0.139. The minimum absolute atomic E-state index is 0.0143. The van der Waals surface area contributed by atoms with Gasteiger partial charge in [-0.3, -0.25) is 13.9 Å². The van der Waals surface area contributed by atoms with Crippen molar-refractivity contribution in [2.24, 2.45) is 0 Å². The highest BCUT2D eigenvalue weighted by molar-refractivity contribution is 7.92. The van der Waals surface area contributed by atoms with Gasteiger partial charge in [-0.1, -0.05) is 101 Å². The molecule has 4 aromatic rings. The summed E-state index contributed by atoms with van der Waals surface area (Å²) < 4.78 is 28.9. The first-order valence-corrected chi connectivity index (χ1v) is 16.0. The number of hydrogen-bond acceptors (Lipinski definition) is 4. The number of carbonyl (C=O) groups excluding carboxylic acids is 2. The molecule has 1 unspecified atom stereocenters. The molecule has 0 aliphatic heterocycles. The number of rotatable bonds is 11. The number of carbonyl (C=O) groups is 2. The first-order valence-electron chi connectivity index (χ1n) is 13.0. The van der Waals surface area contributed by atoms with Crippen LogP contribution >= 0.6 is 46.4 Å². The molecular formula is C31H27Cl4N3O4S. The van der Waals surface area contributed by atoms with Crippen molar-refractivity contribution in [3.05, 3.63) is 128 Å². The number of sulfonamides is 1. The summed E-state index contributed by atoms with van der Waals surface area (Å²) in [5.74, 6) is -1.10. The minimum atomic E-state index is -4.31. The molecule has 2 amide bonds. The van der Waals surface area contributed by atoms with Gasteiger partial charge in [0.05, 0.1) is 25.7 Å². The largest absolute Gasteiger partial charge is 0.357 e. The minimum Gasteiger partial charge on any atom is -0.357 e. The summed E-state index contributed by atoms with van der Waals surface area (Å²) in [4.78, 5) is 28.9. The Hall–Kier alpha value is -3.27. The van der Waals surface area contributed by atoms with E-state index in [9.17, 15) is 18.0 Å². The van der Waals surface area contributed by atoms with Crippen molar-refractivity contribution in [3.63, 3.8) is 0 Å². The second kappa shape index (κ2) is 14.5. The van der Waals surface area contributed by atoms with Gasteiger partial charge in [0, 0.05) is 25.0 Å². The van der Waals surface area contributed by atoms with Crippen molar-refractivity contribution >= 4 is 73.9 Å². The normalized spacial score (nSPS) is 11.9. The Morgan fingerprint density at radius 3 is 2.02 bits per heavy atom. The van der Waals surface area contributed by atoms with E-state index in [4.69, 9.17) is 46.4 Å². The van der Waals surface area contributed by atoms with Crippen LogP contribution < -0.4 is 9.62 Å². The Labute approximate surface area is 271 Å². The predicted octanol–water partition coefficient (Wildman–Crippen LogP) is 6.88. The highest BCUT2D eigenvalue weighted by Crippen LogP contribution is 2.33. The van der Waals surface area contributed by atoms with Gasteiger partial charge in [0.1, 0.15) is 12.6 Å². The molecule has 4 rings (SSSR count). The van der Waals surface area contributed by atoms with E-state index in [1.807, 2.05) is 30.3 Å². The van der Waals surface area contributed by atoms with Crippen molar-refractivity contribution in [2.75, 3.05) is 17.9 Å². The lowest BCUT2D eigenvalue weighted by atomic mass is 10.0. The fraction of sp³-hybridized carbons (Fsp3) is 0.161. The number of benzene rings is 4. The summed E-state index contributed by atoms with van der Waals surface area (Å²) in [6.45, 7) is -0.746. The first-order chi connectivity index (χ1) is 20.5. The number of anilines is 1. The Kier molecular flexibility index (Phi) is 11.0. The SMILES string of the molecule is CNC(=O)C(Cc1ccccc1)N(Cc1ccc(Cl)c(Cl)c1)C(=O)CN(c1cc(Cl)ccc1Cl)S(=O)(=O)c1ccccc1. The van der Waals surface area contributed by atoms with Crippen molar-refractivity contribution in [1.82, 2.24) is 10.2 Å². The van der Waals surface area contributed by atoms with Gasteiger partial charge >= 0.3 is 0 Å². The van der Waals surface area contributed by atoms with Gasteiger partial charge in [-0.2, -0.15) is 0 Å². The highest BCUT2D eigenvalue weighted by Gasteiger charge is 2.35. The molecule has 0 aromatic heterocycles. The zero-order valence-corrected chi connectivity index (χ0v) is 26.7. The number of nitrogens with zero attached hydrogens (tertiary/aromatic N) is 2. The molecule has 0 saturated heterocycles. The van der Waals surface area contributed by atoms with Crippen LogP contribution in [-0.2, 0) is 32.6 Å². The summed E-state index contributed by atoms with van der Waals surface area (Å²) in [7, 11) is -2.84. The summed E-state index contributed by atoms with van der Waals surface area (Å²) in [6.07, 6.45) is 0.164. The fourth-order valence-electron chi connectivity index (χ4n) is 4.47. The van der Waals surface area contributed by atoms with Crippen molar-refractivity contribution in [3.8, 4) is 0 Å². The maximum Gasteiger partial charge on any atom is 0.264 e. The average Bonchev–Trinajstić information content (AvgIpc) is 3.01. The molecule has 0 spiro atoms. The molecule has 0 fully saturated rings. The lowest BCUT2D eigenvalue weighted by Gasteiger charge is -2.34. The molecule has 43 heavy (non-hydrogen) atoms. The molecule has 1 N–H and O–H groups in total. The third-order valence-electron chi connectivity index (χ3n) is 6.64. The summed E-state index contributed by atoms with van der Waals surface area (Å²) in [5, 5.41) is 3.52. The summed E-state index contributed by atoms with van der Waals surface area (Å²) in [6, 6.07) is 25.1. The van der Waals surface area contributed by atoms with Gasteiger partial charge < -0.3 is 10.2 Å². The molecule has 0 radical (unpaired) electrons. The van der Waals surface area contributed by atoms with Gasteiger partial charge in [0.2, 0.25) is 11.8 Å². The smallest absolute Gasteiger partial charge is 0.264 e. The van der Waals surface area contributed by atoms with Gasteiger partial charge in [-0.25, -0.2) is 8.42 Å². The lowest BCUT2D eigenvalue weighted by Crippen LogP contribution is -2.53. The highest BCUT2D eigenvalue weighted by atomic mass is 35.5. The van der Waals surface area contributed by atoms with E-state index in [1.165, 1.54) is 42.3 Å². The van der Waals surface area contributed by atoms with E-state index in [-0.39, 0.29) is 38.6 Å². The number of hydrogen-bond donors (Lipinski definition) is 1. The number of nitrogens with one attached hydrogen (secondary N) is 1. The van der Waals surface area contributed by atoms with Gasteiger partial charge in [0.15, 0.2) is 0 Å². The molecule has 1 atom stereocenters. The quantitative estimate of drug-likeness (QED) is 0.187. The molecule has 0 aliphatic carbocycles. The van der Waals surface area contributed by atoms with E-state index in [0.717, 1.165) is 9.87 Å². The van der Waals surface area contributed by atoms with Gasteiger partial charge in [-0.15, -0.1) is 0 Å². The zero-order chi connectivity index (χ0) is 31.1. The van der Waals surface area contributed by atoms with Crippen LogP contribution in [0, 0.1) is 0 Å². The second-order valence-corrected chi connectivity index (χ2v) is 13.0. The van der Waals surface area contributed by atoms with Crippen LogP contribution in [0.25, 0.3) is 0 Å². The molecule has 0 bridgehead atoms. The zero-order valence-electron chi connectivity index (χ0n) is 22.9. The maximum atomic E-state index is 14.3. The van der Waals surface area contributed by atoms with Crippen LogP contribution in [-0.4, -0.2) is 44.8 Å². The molecular weight excluding hydrogens is 652 g/mol. The van der Waals surface area contributed by atoms with Crippen LogP contribution in [0.2, 0.25) is 20.1 Å². The molecule has 0 aliphatic rings. The predicted molar refractivity (Wildman–Crippen MR) is 172 cm³/mol. The van der Waals surface area contributed by atoms with E-state index in [2.05, 4.69) is 5.32 Å². The van der Waals surface area contributed by atoms with E-state index < -0.39 is 34.4 Å². The number of likely N-dealkylation sites (N-methyl/N-ethyl adjacent to an activating group) is 1. The first kappa shape index (κ1) is 32.6. The second-order valence-electron chi connectivity index (χ2n) is 9.51. The Balaban J connectivity index is 1.82. The molecule has 0 heterocycles. The van der Waals surface area contributed by atoms with Crippen LogP contribution in [0.1, 0.15) is 11.1 Å². The van der Waals surface area contributed by atoms with Crippen LogP contribution in [0.3, 0.4) is 0 Å². The van der Waals surface area contributed by atoms with E-state index in [1.54, 1.807) is 36.4 Å². The van der Waals surface area contributed by atoms with Crippen molar-refractivity contribution in [1.29, 1.82) is 0 Å². The van der Waals surface area contributed by atoms with Crippen molar-refractivity contribution in [2.45, 2.75) is 23.9 Å². The Bertz CT molecular complexity index is 1710. The van der Waals surface area contributed by atoms with Crippen LogP contribution in [0.15, 0.2) is 102 Å². The van der Waals surface area contributed by atoms with Gasteiger partial charge in [0.25, 0.3) is 10.0 Å². The Morgan fingerprint density at radius 2 is 1.40 bits per heavy atom. The molecule has 12 heteroatoms. The van der Waals surface area contributed by atoms with E-state index in [0.29, 0.717) is 10.6 Å². The summed E-state index contributed by atoms with van der Waals surface area (Å²) in [5.41, 5.74) is 1.40. The topological polar surface area (TPSA) is 86.8 Å². The number of halogens is 4. The molecule has 4 aromatic carbocycles. The van der Waals surface area contributed by atoms with Gasteiger partial charge in [-0.05, 0) is 53.6 Å². The molecule has 7 nitrogen and oxygen atoms in total. The third-order valence-corrected chi connectivity index (χ3v) is 9.71. The standard InChI is InChI=1S/C31H27Cl4N3O4S/c1-36-31(40)29(17-21-8-4-2-5-9-21)37(19-22-12-14-25(33)27(35)16-22)30(39)20-38(28-18-23(32)13-15-26(28)34)43(41,42)24-10-6-3-7-11-24/h2-16,18,29H,17,19-20H2,1H3,(H,36,40). The maximum absolute atomic E-state index is 14.3. The van der Waals surface area contributed by atoms with Crippen molar-refractivity contribution < 1.29 is 18.0 Å². The summed E-state index contributed by atoms with van der Waals surface area (Å²) >= 11 is 25.1. The van der Waals surface area contributed by atoms with Crippen LogP contribution in [0.5, 0.6) is 0 Å². The fourth-order valence-corrected chi connectivity index (χ4v) is 6.67.